The predicted octanol–water partition coefficient (Wildman–Crippen LogP) is 2.37. The number of benzene rings is 1. The lowest BCUT2D eigenvalue weighted by Crippen LogP contribution is -2.47. The Bertz CT molecular complexity index is 1140. The van der Waals surface area contributed by atoms with Crippen molar-refractivity contribution in [3.8, 4) is 0 Å². The van der Waals surface area contributed by atoms with Crippen LogP contribution >= 0.6 is 22.6 Å². The molecule has 4 rings (SSSR count). The topological polar surface area (TPSA) is 101 Å². The molecule has 0 bridgehead atoms. The molecule has 33 heavy (non-hydrogen) atoms. The minimum Gasteiger partial charge on any atom is -0.391 e. The first-order valence-corrected chi connectivity index (χ1v) is 12.1. The Morgan fingerprint density at radius 3 is 2.88 bits per heavy atom. The zero-order chi connectivity index (χ0) is 23.5. The Morgan fingerprint density at radius 1 is 1.36 bits per heavy atom. The lowest BCUT2D eigenvalue weighted by Gasteiger charge is -2.35. The normalized spacial score (nSPS) is 19.2. The number of carbonyl (C=O) groups is 1. The second kappa shape index (κ2) is 10.3. The van der Waals surface area contributed by atoms with Gasteiger partial charge < -0.3 is 20.3 Å². The van der Waals surface area contributed by atoms with E-state index in [1.165, 1.54) is 12.4 Å². The van der Waals surface area contributed by atoms with Gasteiger partial charge in [0.2, 0.25) is 5.91 Å². The first-order chi connectivity index (χ1) is 15.9. The molecule has 0 spiro atoms. The number of primary amides is 1. The molecule has 0 saturated carbocycles. The Hall–Kier alpha value is -2.31. The summed E-state index contributed by atoms with van der Waals surface area (Å²) >= 11 is 2.10. The van der Waals surface area contributed by atoms with Crippen molar-refractivity contribution in [1.82, 2.24) is 19.4 Å². The Labute approximate surface area is 205 Å². The van der Waals surface area contributed by atoms with E-state index in [1.54, 1.807) is 0 Å². The first kappa shape index (κ1) is 23.8. The van der Waals surface area contributed by atoms with Crippen molar-refractivity contribution in [2.24, 2.45) is 11.7 Å². The van der Waals surface area contributed by atoms with Gasteiger partial charge in [0.25, 0.3) is 0 Å². The third kappa shape index (κ3) is 5.44. The molecule has 1 aliphatic heterocycles. The van der Waals surface area contributed by atoms with Crippen molar-refractivity contribution in [2.45, 2.75) is 32.5 Å². The number of halogens is 2. The van der Waals surface area contributed by atoms with Crippen LogP contribution in [-0.4, -0.2) is 62.7 Å². The molecule has 1 fully saturated rings. The largest absolute Gasteiger partial charge is 0.391 e. The molecule has 8 nitrogen and oxygen atoms in total. The van der Waals surface area contributed by atoms with E-state index < -0.39 is 6.10 Å². The smallest absolute Gasteiger partial charge is 0.231 e. The molecule has 1 aromatic carbocycles. The molecule has 0 unspecified atom stereocenters. The quantitative estimate of drug-likeness (QED) is 0.407. The highest BCUT2D eigenvalue weighted by Gasteiger charge is 2.29. The number of rotatable bonds is 8. The number of anilines is 1. The van der Waals surface area contributed by atoms with Gasteiger partial charge in [0.15, 0.2) is 0 Å². The van der Waals surface area contributed by atoms with Crippen LogP contribution in [-0.2, 0) is 17.9 Å². The van der Waals surface area contributed by atoms with Gasteiger partial charge in [-0.15, -0.1) is 0 Å². The monoisotopic (exact) mass is 566 g/mol. The van der Waals surface area contributed by atoms with E-state index in [1.807, 2.05) is 45.7 Å². The number of aliphatic hydroxyl groups excluding tert-OH is 1. The average molecular weight is 566 g/mol. The first-order valence-electron chi connectivity index (χ1n) is 11.0. The Morgan fingerprint density at radius 2 is 2.18 bits per heavy atom. The van der Waals surface area contributed by atoms with E-state index >= 15 is 0 Å². The molecule has 2 atom stereocenters. The van der Waals surface area contributed by atoms with Crippen LogP contribution in [0.25, 0.3) is 11.0 Å². The van der Waals surface area contributed by atoms with Gasteiger partial charge >= 0.3 is 0 Å². The van der Waals surface area contributed by atoms with Crippen molar-refractivity contribution >= 4 is 45.3 Å². The molecule has 2 aromatic heterocycles. The van der Waals surface area contributed by atoms with E-state index in [9.17, 15) is 14.3 Å². The fourth-order valence-electron chi connectivity index (χ4n) is 4.46. The van der Waals surface area contributed by atoms with Crippen molar-refractivity contribution < 1.29 is 14.3 Å². The maximum Gasteiger partial charge on any atom is 0.231 e. The SMILES string of the molecule is CCN(Cc1ccc(I)cc1F)c1ncnc2c1ccn2C[C@@H]1CCN(CC(N)=O)C[C@H]1O. The molecule has 1 aliphatic rings. The highest BCUT2D eigenvalue weighted by atomic mass is 127. The molecule has 0 aliphatic carbocycles. The second-order valence-electron chi connectivity index (χ2n) is 8.47. The maximum atomic E-state index is 14.5. The van der Waals surface area contributed by atoms with Gasteiger partial charge in [0.1, 0.15) is 23.6 Å². The van der Waals surface area contributed by atoms with Crippen LogP contribution in [0.15, 0.2) is 36.8 Å². The predicted molar refractivity (Wildman–Crippen MR) is 133 cm³/mol. The van der Waals surface area contributed by atoms with Crippen molar-refractivity contribution in [2.75, 3.05) is 31.1 Å². The minimum atomic E-state index is -0.548. The van der Waals surface area contributed by atoms with Crippen LogP contribution in [0.3, 0.4) is 0 Å². The van der Waals surface area contributed by atoms with Gasteiger partial charge in [-0.05, 0) is 60.7 Å². The van der Waals surface area contributed by atoms with E-state index in [4.69, 9.17) is 5.73 Å². The van der Waals surface area contributed by atoms with E-state index in [0.717, 1.165) is 33.4 Å². The number of hydrogen-bond acceptors (Lipinski definition) is 6. The highest BCUT2D eigenvalue weighted by Crippen LogP contribution is 2.28. The van der Waals surface area contributed by atoms with Gasteiger partial charge in [-0.1, -0.05) is 6.07 Å². The van der Waals surface area contributed by atoms with Crippen molar-refractivity contribution in [3.63, 3.8) is 0 Å². The summed E-state index contributed by atoms with van der Waals surface area (Å²) in [6, 6.07) is 7.23. The standard InChI is InChI=1S/C23H28FIN6O2/c1-2-30(10-15-3-4-17(25)9-19(15)24)22-18-6-8-31(23(18)28-14-27-22)11-16-5-7-29(12-20(16)32)13-21(26)33/h3-4,6,8-9,14,16,20,32H,2,5,7,10-13H2,1H3,(H2,26,33)/t16-,20+/m0/s1. The number of amides is 1. The number of nitrogens with two attached hydrogens (primary N) is 1. The Kier molecular flexibility index (Phi) is 7.45. The summed E-state index contributed by atoms with van der Waals surface area (Å²) in [4.78, 5) is 24.1. The van der Waals surface area contributed by atoms with Gasteiger partial charge in [-0.3, -0.25) is 9.69 Å². The summed E-state index contributed by atoms with van der Waals surface area (Å²) < 4.78 is 17.4. The van der Waals surface area contributed by atoms with E-state index in [2.05, 4.69) is 32.6 Å². The lowest BCUT2D eigenvalue weighted by molar-refractivity contribution is -0.120. The van der Waals surface area contributed by atoms with Crippen LogP contribution in [0.1, 0.15) is 18.9 Å². The van der Waals surface area contributed by atoms with Gasteiger partial charge in [-0.2, -0.15) is 0 Å². The fourth-order valence-corrected chi connectivity index (χ4v) is 4.91. The minimum absolute atomic E-state index is 0.0475. The molecule has 176 valence electrons. The summed E-state index contributed by atoms with van der Waals surface area (Å²) in [7, 11) is 0. The summed E-state index contributed by atoms with van der Waals surface area (Å²) in [5.74, 6) is 0.203. The van der Waals surface area contributed by atoms with Gasteiger partial charge in [0, 0.05) is 47.4 Å². The van der Waals surface area contributed by atoms with Crippen LogP contribution < -0.4 is 10.6 Å². The molecule has 1 saturated heterocycles. The summed E-state index contributed by atoms with van der Waals surface area (Å²) in [5, 5.41) is 11.5. The summed E-state index contributed by atoms with van der Waals surface area (Å²) in [5.41, 5.74) is 6.69. The number of fused-ring (bicyclic) bond motifs is 1. The number of carbonyl (C=O) groups excluding carboxylic acids is 1. The van der Waals surface area contributed by atoms with E-state index in [0.29, 0.717) is 31.7 Å². The molecule has 3 aromatic rings. The van der Waals surface area contributed by atoms with Crippen molar-refractivity contribution in [1.29, 1.82) is 0 Å². The zero-order valence-corrected chi connectivity index (χ0v) is 20.7. The highest BCUT2D eigenvalue weighted by molar-refractivity contribution is 14.1. The van der Waals surface area contributed by atoms with E-state index in [-0.39, 0.29) is 24.2 Å². The fraction of sp³-hybridized carbons (Fsp3) is 0.435. The van der Waals surface area contributed by atoms with Crippen LogP contribution in [0.2, 0.25) is 0 Å². The number of nitrogens with zero attached hydrogens (tertiary/aromatic N) is 5. The molecular formula is C23H28FIN6O2. The number of aliphatic hydroxyl groups is 1. The van der Waals surface area contributed by atoms with Crippen LogP contribution in [0, 0.1) is 15.3 Å². The average Bonchev–Trinajstić information content (AvgIpc) is 3.18. The van der Waals surface area contributed by atoms with Crippen LogP contribution in [0.5, 0.6) is 0 Å². The number of aromatic nitrogens is 3. The number of piperidine rings is 1. The second-order valence-corrected chi connectivity index (χ2v) is 9.72. The number of likely N-dealkylation sites (tertiary alicyclic amines) is 1. The summed E-state index contributed by atoms with van der Waals surface area (Å²) in [6.45, 7) is 5.02. The number of hydrogen-bond donors (Lipinski definition) is 2. The molecule has 10 heteroatoms. The van der Waals surface area contributed by atoms with Crippen LogP contribution in [0.4, 0.5) is 10.2 Å². The summed E-state index contributed by atoms with van der Waals surface area (Å²) in [6.07, 6.45) is 3.71. The third-order valence-electron chi connectivity index (χ3n) is 6.21. The third-order valence-corrected chi connectivity index (χ3v) is 6.88. The van der Waals surface area contributed by atoms with Gasteiger partial charge in [-0.25, -0.2) is 14.4 Å². The molecular weight excluding hydrogens is 538 g/mol. The molecule has 1 amide bonds. The molecule has 3 heterocycles. The van der Waals surface area contributed by atoms with Crippen molar-refractivity contribution in [3.05, 3.63) is 51.7 Å². The maximum absolute atomic E-state index is 14.5. The Balaban J connectivity index is 1.53. The molecule has 0 radical (unpaired) electrons. The lowest BCUT2D eigenvalue weighted by atomic mass is 9.93. The molecule has 3 N–H and O–H groups in total. The zero-order valence-electron chi connectivity index (χ0n) is 18.5. The van der Waals surface area contributed by atoms with Gasteiger partial charge in [0.05, 0.1) is 18.0 Å². The number of β-amino-alcohol motifs (C(OH)–C–C–N with tert-alkyl or cyclic N) is 1.